The van der Waals surface area contributed by atoms with Crippen molar-refractivity contribution in [3.05, 3.63) is 29.4 Å². The van der Waals surface area contributed by atoms with Crippen LogP contribution in [-0.4, -0.2) is 58.6 Å². The first-order chi connectivity index (χ1) is 15.5. The van der Waals surface area contributed by atoms with Crippen LogP contribution in [0.25, 0.3) is 0 Å². The molecular formula is C21H30F3N7O2. The molecule has 1 aliphatic rings. The van der Waals surface area contributed by atoms with E-state index in [1.807, 2.05) is 0 Å². The minimum absolute atomic E-state index is 0.123. The van der Waals surface area contributed by atoms with Crippen LogP contribution in [0.15, 0.2) is 17.3 Å². The van der Waals surface area contributed by atoms with Crippen molar-refractivity contribution < 1.29 is 22.8 Å². The third kappa shape index (κ3) is 6.90. The number of carbonyl (C=O) groups excluding carboxylic acids is 2. The molecule has 9 nitrogen and oxygen atoms in total. The van der Waals surface area contributed by atoms with E-state index in [0.29, 0.717) is 31.5 Å². The monoisotopic (exact) mass is 469 g/mol. The third-order valence-corrected chi connectivity index (χ3v) is 5.67. The zero-order valence-corrected chi connectivity index (χ0v) is 18.9. The SMILES string of the molecule is CN=C(C=CN)C(=O)N[C@@H](C)C(=O)N1CCC(CCc2c(C)nc(C(F)(F)F)nc2N)CC1. The van der Waals surface area contributed by atoms with E-state index in [0.717, 1.165) is 12.8 Å². The first kappa shape index (κ1) is 26.1. The van der Waals surface area contributed by atoms with Crippen molar-refractivity contribution in [3.8, 4) is 0 Å². The van der Waals surface area contributed by atoms with E-state index < -0.39 is 23.9 Å². The summed E-state index contributed by atoms with van der Waals surface area (Å²) in [7, 11) is 1.46. The van der Waals surface area contributed by atoms with Crippen molar-refractivity contribution in [2.75, 3.05) is 25.9 Å². The number of nitrogens with one attached hydrogen (secondary N) is 1. The Labute approximate surface area is 190 Å². The van der Waals surface area contributed by atoms with Gasteiger partial charge in [-0.1, -0.05) is 0 Å². The number of aromatic nitrogens is 2. The van der Waals surface area contributed by atoms with Crippen LogP contribution < -0.4 is 16.8 Å². The van der Waals surface area contributed by atoms with E-state index in [2.05, 4.69) is 20.3 Å². The van der Waals surface area contributed by atoms with Crippen LogP contribution in [-0.2, 0) is 22.2 Å². The smallest absolute Gasteiger partial charge is 0.405 e. The first-order valence-electron chi connectivity index (χ1n) is 10.6. The molecule has 0 saturated carbocycles. The van der Waals surface area contributed by atoms with Gasteiger partial charge in [-0.25, -0.2) is 9.97 Å². The maximum atomic E-state index is 12.8. The molecule has 1 aromatic heterocycles. The van der Waals surface area contributed by atoms with Crippen LogP contribution in [0, 0.1) is 12.8 Å². The van der Waals surface area contributed by atoms with Crippen molar-refractivity contribution >= 4 is 23.3 Å². The number of nitrogen functional groups attached to an aromatic ring is 1. The van der Waals surface area contributed by atoms with Gasteiger partial charge in [-0.3, -0.25) is 14.6 Å². The quantitative estimate of drug-likeness (QED) is 0.519. The molecule has 2 heterocycles. The topological polar surface area (TPSA) is 140 Å². The Kier molecular flexibility index (Phi) is 8.77. The van der Waals surface area contributed by atoms with Crippen LogP contribution in [0.5, 0.6) is 0 Å². The van der Waals surface area contributed by atoms with E-state index in [4.69, 9.17) is 11.5 Å². The second kappa shape index (κ2) is 11.1. The Morgan fingerprint density at radius 2 is 1.94 bits per heavy atom. The lowest BCUT2D eigenvalue weighted by molar-refractivity contribution is -0.145. The molecule has 2 amide bonds. The normalized spacial score (nSPS) is 16.8. The van der Waals surface area contributed by atoms with Gasteiger partial charge in [-0.15, -0.1) is 0 Å². The van der Waals surface area contributed by atoms with Crippen molar-refractivity contribution in [1.29, 1.82) is 0 Å². The Hall–Kier alpha value is -3.18. The minimum atomic E-state index is -4.64. The Balaban J connectivity index is 1.88. The van der Waals surface area contributed by atoms with E-state index in [9.17, 15) is 22.8 Å². The number of aryl methyl sites for hydroxylation is 1. The van der Waals surface area contributed by atoms with Gasteiger partial charge in [0.05, 0.1) is 0 Å². The van der Waals surface area contributed by atoms with Crippen molar-refractivity contribution in [2.45, 2.75) is 51.7 Å². The molecule has 1 aliphatic heterocycles. The van der Waals surface area contributed by atoms with Gasteiger partial charge in [0.25, 0.3) is 5.91 Å². The number of rotatable bonds is 7. The van der Waals surface area contributed by atoms with Crippen LogP contribution in [0.1, 0.15) is 43.3 Å². The van der Waals surface area contributed by atoms with Gasteiger partial charge in [0.15, 0.2) is 0 Å². The van der Waals surface area contributed by atoms with Gasteiger partial charge in [0.1, 0.15) is 17.6 Å². The van der Waals surface area contributed by atoms with Gasteiger partial charge in [-0.05, 0) is 57.7 Å². The van der Waals surface area contributed by atoms with Crippen molar-refractivity contribution in [2.24, 2.45) is 16.6 Å². The molecule has 1 atom stereocenters. The molecule has 0 unspecified atom stereocenters. The minimum Gasteiger partial charge on any atom is -0.405 e. The molecule has 0 bridgehead atoms. The molecule has 5 N–H and O–H groups in total. The summed E-state index contributed by atoms with van der Waals surface area (Å²) < 4.78 is 38.5. The largest absolute Gasteiger partial charge is 0.451 e. The van der Waals surface area contributed by atoms with E-state index in [1.54, 1.807) is 11.8 Å². The highest BCUT2D eigenvalue weighted by Crippen LogP contribution is 2.30. The summed E-state index contributed by atoms with van der Waals surface area (Å²) in [6.45, 7) is 4.16. The van der Waals surface area contributed by atoms with Crippen molar-refractivity contribution in [1.82, 2.24) is 20.2 Å². The lowest BCUT2D eigenvalue weighted by atomic mass is 9.90. The van der Waals surface area contributed by atoms with E-state index in [1.165, 1.54) is 26.2 Å². The van der Waals surface area contributed by atoms with Crippen LogP contribution in [0.4, 0.5) is 19.0 Å². The number of piperidine rings is 1. The summed E-state index contributed by atoms with van der Waals surface area (Å²) in [6.07, 6.45) is 0.568. The Morgan fingerprint density at radius 3 is 2.45 bits per heavy atom. The molecule has 0 radical (unpaired) electrons. The molecule has 12 heteroatoms. The maximum absolute atomic E-state index is 12.8. The average Bonchev–Trinajstić information content (AvgIpc) is 2.75. The zero-order valence-electron chi connectivity index (χ0n) is 18.9. The van der Waals surface area contributed by atoms with Gasteiger partial charge < -0.3 is 21.7 Å². The average molecular weight is 470 g/mol. The number of aliphatic imine (C=N–C) groups is 1. The van der Waals surface area contributed by atoms with E-state index >= 15 is 0 Å². The highest BCUT2D eigenvalue weighted by atomic mass is 19.4. The summed E-state index contributed by atoms with van der Waals surface area (Å²) in [6, 6.07) is -0.719. The number of nitrogens with two attached hydrogens (primary N) is 2. The van der Waals surface area contributed by atoms with Crippen LogP contribution in [0.2, 0.25) is 0 Å². The molecular weight excluding hydrogens is 439 g/mol. The third-order valence-electron chi connectivity index (χ3n) is 5.67. The summed E-state index contributed by atoms with van der Waals surface area (Å²) in [5, 5.41) is 2.62. The second-order valence-corrected chi connectivity index (χ2v) is 7.96. The van der Waals surface area contributed by atoms with Gasteiger partial charge in [0.2, 0.25) is 11.7 Å². The molecule has 0 aromatic carbocycles. The predicted octanol–water partition coefficient (Wildman–Crippen LogP) is 1.61. The molecule has 0 aliphatic carbocycles. The molecule has 33 heavy (non-hydrogen) atoms. The Bertz CT molecular complexity index is 900. The van der Waals surface area contributed by atoms with E-state index in [-0.39, 0.29) is 29.0 Å². The van der Waals surface area contributed by atoms with Gasteiger partial charge >= 0.3 is 6.18 Å². The zero-order chi connectivity index (χ0) is 24.8. The molecule has 2 rings (SSSR count). The summed E-state index contributed by atoms with van der Waals surface area (Å²) >= 11 is 0. The standard InChI is InChI=1S/C21H30F3N7O2/c1-12-15(17(26)30-20(29-12)21(22,23)24)5-4-14-7-10-31(11-8-14)19(33)13(2)28-18(32)16(27-3)6-9-25/h6,9,13-14H,4-5,7-8,10-11,25H2,1-3H3,(H,28,32)(H2,26,29,30)/t13-/m0/s1. The highest BCUT2D eigenvalue weighted by Gasteiger charge is 2.36. The molecule has 1 saturated heterocycles. The number of halogens is 3. The number of anilines is 1. The molecule has 1 aromatic rings. The van der Waals surface area contributed by atoms with Crippen LogP contribution >= 0.6 is 0 Å². The summed E-state index contributed by atoms with van der Waals surface area (Å²) in [4.78, 5) is 37.3. The molecule has 182 valence electrons. The number of amides is 2. The van der Waals surface area contributed by atoms with Crippen LogP contribution in [0.3, 0.4) is 0 Å². The molecule has 1 fully saturated rings. The lowest BCUT2D eigenvalue weighted by Crippen LogP contribution is -2.50. The van der Waals surface area contributed by atoms with Crippen molar-refractivity contribution in [3.63, 3.8) is 0 Å². The summed E-state index contributed by atoms with van der Waals surface area (Å²) in [5.41, 5.74) is 11.9. The maximum Gasteiger partial charge on any atom is 0.451 e. The first-order valence-corrected chi connectivity index (χ1v) is 10.6. The fraction of sp³-hybridized carbons (Fsp3) is 0.571. The van der Waals surface area contributed by atoms with Gasteiger partial charge in [0, 0.05) is 31.4 Å². The lowest BCUT2D eigenvalue weighted by Gasteiger charge is -2.33. The number of hydrogen-bond donors (Lipinski definition) is 3. The highest BCUT2D eigenvalue weighted by molar-refractivity contribution is 6.43. The number of alkyl halides is 3. The number of nitrogens with zero attached hydrogens (tertiary/aromatic N) is 4. The Morgan fingerprint density at radius 1 is 1.30 bits per heavy atom. The predicted molar refractivity (Wildman–Crippen MR) is 118 cm³/mol. The summed E-state index contributed by atoms with van der Waals surface area (Å²) in [5.74, 6) is -1.77. The fourth-order valence-electron chi connectivity index (χ4n) is 3.79. The number of carbonyl (C=O) groups is 2. The number of likely N-dealkylation sites (tertiary alicyclic amines) is 1. The van der Waals surface area contributed by atoms with Gasteiger partial charge in [-0.2, -0.15) is 13.2 Å². The number of hydrogen-bond acceptors (Lipinski definition) is 7. The molecule has 0 spiro atoms. The fourth-order valence-corrected chi connectivity index (χ4v) is 3.79. The second-order valence-electron chi connectivity index (χ2n) is 7.96.